The van der Waals surface area contributed by atoms with E-state index in [4.69, 9.17) is 20.4 Å². The van der Waals surface area contributed by atoms with Crippen LogP contribution in [0.15, 0.2) is 84.6 Å². The van der Waals surface area contributed by atoms with Gasteiger partial charge in [-0.1, -0.05) is 88.4 Å². The molecule has 1 aromatic heterocycles. The Morgan fingerprint density at radius 3 is 2.34 bits per heavy atom. The molecule has 7 rings (SSSR count). The first kappa shape index (κ1) is 48.8. The van der Waals surface area contributed by atoms with E-state index in [1.165, 1.54) is 10.5 Å². The first-order valence-corrected chi connectivity index (χ1v) is 23.8. The van der Waals surface area contributed by atoms with E-state index >= 15 is 0 Å². The van der Waals surface area contributed by atoms with Crippen LogP contribution >= 0.6 is 0 Å². The van der Waals surface area contributed by atoms with Crippen molar-refractivity contribution >= 4 is 35.0 Å². The maximum atomic E-state index is 13.2. The molecule has 14 nitrogen and oxygen atoms in total. The van der Waals surface area contributed by atoms with E-state index in [-0.39, 0.29) is 61.2 Å². The number of rotatable bonds is 20. The number of anilines is 1. The van der Waals surface area contributed by atoms with E-state index in [0.717, 1.165) is 92.9 Å². The average Bonchev–Trinajstić information content (AvgIpc) is 3.64. The van der Waals surface area contributed by atoms with Gasteiger partial charge in [-0.25, -0.2) is 9.97 Å². The molecule has 2 fully saturated rings. The Bertz CT molecular complexity index is 2440. The van der Waals surface area contributed by atoms with Crippen molar-refractivity contribution in [2.24, 2.45) is 16.6 Å². The van der Waals surface area contributed by atoms with Crippen LogP contribution in [-0.2, 0) is 27.3 Å². The summed E-state index contributed by atoms with van der Waals surface area (Å²) in [6.45, 7) is 15.8. The van der Waals surface area contributed by atoms with Crippen molar-refractivity contribution in [1.29, 1.82) is 0 Å². The van der Waals surface area contributed by atoms with Gasteiger partial charge in [-0.15, -0.1) is 0 Å². The number of nitrogens with zero attached hydrogens (tertiary/aromatic N) is 5. The van der Waals surface area contributed by atoms with E-state index < -0.39 is 11.9 Å². The normalized spacial score (nSPS) is 17.3. The van der Waals surface area contributed by atoms with Crippen LogP contribution < -0.4 is 26.0 Å². The summed E-state index contributed by atoms with van der Waals surface area (Å²) in [5, 5.41) is 14.8. The quantitative estimate of drug-likeness (QED) is 0.0711. The molecule has 0 spiro atoms. The van der Waals surface area contributed by atoms with Crippen LogP contribution in [0.4, 0.5) is 5.82 Å². The SMILES string of the molecule is CC(N)=C(c1cccc(CCCC(C)(C)CCC(C)(C)CCNC(=O)COc2cccc3c2CN(C2CCC(=O)NC2=O)C3=O)c1)c1nc(-c2ccccc2)cc(N2CCN(CCO)CC2)n1. The Morgan fingerprint density at radius 2 is 1.63 bits per heavy atom. The lowest BCUT2D eigenvalue weighted by Crippen LogP contribution is -2.52. The van der Waals surface area contributed by atoms with E-state index in [9.17, 15) is 24.3 Å². The predicted octanol–water partition coefficient (Wildman–Crippen LogP) is 6.50. The molecular weight excluding hydrogens is 845 g/mol. The largest absolute Gasteiger partial charge is 0.483 e. The fourth-order valence-corrected chi connectivity index (χ4v) is 9.35. The minimum Gasteiger partial charge on any atom is -0.483 e. The molecule has 356 valence electrons. The number of carbonyl (C=O) groups is 4. The van der Waals surface area contributed by atoms with Crippen LogP contribution in [0.25, 0.3) is 16.8 Å². The van der Waals surface area contributed by atoms with Gasteiger partial charge in [-0.05, 0) is 86.0 Å². The number of amides is 4. The van der Waals surface area contributed by atoms with Gasteiger partial charge in [0.1, 0.15) is 17.6 Å². The summed E-state index contributed by atoms with van der Waals surface area (Å²) in [4.78, 5) is 66.5. The zero-order valence-corrected chi connectivity index (χ0v) is 39.9. The molecule has 1 atom stereocenters. The second-order valence-corrected chi connectivity index (χ2v) is 19.9. The third kappa shape index (κ3) is 12.7. The average molecular weight is 913 g/mol. The summed E-state index contributed by atoms with van der Waals surface area (Å²) < 4.78 is 5.92. The highest BCUT2D eigenvalue weighted by Gasteiger charge is 2.40. The molecule has 3 aliphatic heterocycles. The van der Waals surface area contributed by atoms with Crippen molar-refractivity contribution in [3.63, 3.8) is 0 Å². The van der Waals surface area contributed by atoms with Crippen LogP contribution in [0.2, 0.25) is 0 Å². The van der Waals surface area contributed by atoms with Crippen molar-refractivity contribution in [2.45, 2.75) is 98.6 Å². The highest BCUT2D eigenvalue weighted by molar-refractivity contribution is 6.05. The van der Waals surface area contributed by atoms with Gasteiger partial charge >= 0.3 is 0 Å². The molecule has 0 bridgehead atoms. The maximum absolute atomic E-state index is 13.2. The number of aliphatic hydroxyl groups is 1. The van der Waals surface area contributed by atoms with Gasteiger partial charge < -0.3 is 30.7 Å². The summed E-state index contributed by atoms with van der Waals surface area (Å²) in [6, 6.07) is 25.3. The number of aromatic nitrogens is 2. The molecule has 4 aromatic rings. The number of aliphatic hydroxyl groups excluding tert-OH is 1. The number of fused-ring (bicyclic) bond motifs is 1. The molecule has 0 aliphatic carbocycles. The summed E-state index contributed by atoms with van der Waals surface area (Å²) in [7, 11) is 0. The smallest absolute Gasteiger partial charge is 0.257 e. The third-order valence-electron chi connectivity index (χ3n) is 13.5. The zero-order chi connectivity index (χ0) is 47.7. The number of nitrogens with one attached hydrogen (secondary N) is 2. The molecule has 2 saturated heterocycles. The highest BCUT2D eigenvalue weighted by atomic mass is 16.5. The number of ether oxygens (including phenoxy) is 1. The number of aryl methyl sites for hydroxylation is 1. The van der Waals surface area contributed by atoms with Crippen LogP contribution in [-0.4, -0.2) is 107 Å². The lowest BCUT2D eigenvalue weighted by molar-refractivity contribution is -0.137. The number of piperidine rings is 1. The Kier molecular flexibility index (Phi) is 15.8. The van der Waals surface area contributed by atoms with E-state index in [1.807, 2.05) is 25.1 Å². The molecule has 1 unspecified atom stereocenters. The van der Waals surface area contributed by atoms with E-state index in [1.54, 1.807) is 18.2 Å². The number of benzene rings is 3. The van der Waals surface area contributed by atoms with E-state index in [0.29, 0.717) is 41.5 Å². The summed E-state index contributed by atoms with van der Waals surface area (Å²) in [5.74, 6) is 0.594. The number of imide groups is 1. The molecule has 14 heteroatoms. The van der Waals surface area contributed by atoms with Crippen LogP contribution in [0, 0.1) is 10.8 Å². The fourth-order valence-electron chi connectivity index (χ4n) is 9.35. The Balaban J connectivity index is 0.887. The maximum Gasteiger partial charge on any atom is 0.257 e. The van der Waals surface area contributed by atoms with Crippen LogP contribution in [0.5, 0.6) is 5.75 Å². The summed E-state index contributed by atoms with van der Waals surface area (Å²) in [6.07, 6.45) is 6.37. The molecule has 3 aliphatic rings. The monoisotopic (exact) mass is 913 g/mol. The van der Waals surface area contributed by atoms with Gasteiger partial charge in [0.25, 0.3) is 11.8 Å². The Hall–Kier alpha value is -6.12. The minimum atomic E-state index is -0.720. The minimum absolute atomic E-state index is 0.0106. The van der Waals surface area contributed by atoms with Gasteiger partial charge in [-0.3, -0.25) is 29.4 Å². The van der Waals surface area contributed by atoms with Crippen molar-refractivity contribution < 1.29 is 29.0 Å². The number of β-amino-alcohol motifs (C(OH)–C–C–N with tert-alkyl or cyclic N) is 1. The first-order valence-electron chi connectivity index (χ1n) is 23.8. The molecule has 4 amide bonds. The second-order valence-electron chi connectivity index (χ2n) is 19.9. The molecule has 67 heavy (non-hydrogen) atoms. The molecular formula is C53H68N8O6. The van der Waals surface area contributed by atoms with Crippen molar-refractivity contribution in [3.05, 3.63) is 113 Å². The number of hydrogen-bond acceptors (Lipinski definition) is 11. The second kappa shape index (κ2) is 21.7. The lowest BCUT2D eigenvalue weighted by Gasteiger charge is -2.35. The number of carbonyl (C=O) groups excluding carboxylic acids is 4. The zero-order valence-electron chi connectivity index (χ0n) is 39.9. The molecule has 0 saturated carbocycles. The highest BCUT2D eigenvalue weighted by Crippen LogP contribution is 2.37. The Morgan fingerprint density at radius 1 is 0.896 bits per heavy atom. The number of allylic oxidation sites excluding steroid dienone is 1. The molecule has 3 aromatic carbocycles. The van der Waals surface area contributed by atoms with Crippen LogP contribution in [0.1, 0.15) is 112 Å². The predicted molar refractivity (Wildman–Crippen MR) is 261 cm³/mol. The number of nitrogens with two attached hydrogens (primary N) is 1. The number of piperazine rings is 1. The number of hydrogen-bond donors (Lipinski definition) is 4. The van der Waals surface area contributed by atoms with Crippen molar-refractivity contribution in [1.82, 2.24) is 30.4 Å². The molecule has 4 heterocycles. The molecule has 0 radical (unpaired) electrons. The fraction of sp³-hybridized carbons (Fsp3) is 0.472. The first-order chi connectivity index (χ1) is 32.1. The van der Waals surface area contributed by atoms with Gasteiger partial charge in [0.05, 0.1) is 18.8 Å². The van der Waals surface area contributed by atoms with Crippen LogP contribution in [0.3, 0.4) is 0 Å². The standard InChI is InChI=1S/C53H68N8O6/c1-36(54)48(49-56-42(38-14-7-6-8-15-38)33-45(57-49)60-28-26-59(27-29-60)30-31-62)39-16-9-12-37(32-39)13-11-21-52(2,3)22-23-53(4,5)24-25-55-47(64)35-67-44-18-10-17-40-41(44)34-61(51(40)66)43-19-20-46(63)58-50(43)65/h6-10,12,14-18,32-33,43,62H,11,13,19-31,34-35,54H2,1-5H3,(H,55,64)(H,58,63,65). The van der Waals surface area contributed by atoms with Gasteiger partial charge in [0, 0.05) is 79.7 Å². The van der Waals surface area contributed by atoms with Gasteiger partial charge in [0.2, 0.25) is 11.8 Å². The van der Waals surface area contributed by atoms with Crippen molar-refractivity contribution in [2.75, 3.05) is 57.4 Å². The summed E-state index contributed by atoms with van der Waals surface area (Å²) >= 11 is 0. The van der Waals surface area contributed by atoms with Crippen molar-refractivity contribution in [3.8, 4) is 17.0 Å². The van der Waals surface area contributed by atoms with E-state index in [2.05, 4.69) is 90.6 Å². The van der Waals surface area contributed by atoms with Gasteiger partial charge in [-0.2, -0.15) is 0 Å². The van der Waals surface area contributed by atoms with Gasteiger partial charge in [0.15, 0.2) is 12.4 Å². The Labute approximate surface area is 395 Å². The molecule has 5 N–H and O–H groups in total. The topological polar surface area (TPSA) is 183 Å². The summed E-state index contributed by atoms with van der Waals surface area (Å²) in [5.41, 5.74) is 13.5. The third-order valence-corrected chi connectivity index (χ3v) is 13.5. The lowest BCUT2D eigenvalue weighted by atomic mass is 9.75.